The van der Waals surface area contributed by atoms with Crippen LogP contribution >= 0.6 is 15.9 Å². The molecule has 0 bridgehead atoms. The summed E-state index contributed by atoms with van der Waals surface area (Å²) in [6.07, 6.45) is 1.50. The summed E-state index contributed by atoms with van der Waals surface area (Å²) in [5.41, 5.74) is 1.76. The van der Waals surface area contributed by atoms with Crippen LogP contribution < -0.4 is 0 Å². The van der Waals surface area contributed by atoms with Crippen molar-refractivity contribution in [2.24, 2.45) is 0 Å². The van der Waals surface area contributed by atoms with Crippen molar-refractivity contribution < 1.29 is 14.3 Å². The molecule has 0 radical (unpaired) electrons. The summed E-state index contributed by atoms with van der Waals surface area (Å²) in [6.45, 7) is 1.65. The van der Waals surface area contributed by atoms with Crippen LogP contribution in [0, 0.1) is 6.92 Å². The van der Waals surface area contributed by atoms with Gasteiger partial charge in [-0.25, -0.2) is 9.78 Å². The average Bonchev–Trinajstić information content (AvgIpc) is 2.46. The third kappa shape index (κ3) is 3.74. The Morgan fingerprint density at radius 3 is 2.45 bits per heavy atom. The number of ketones is 1. The molecular formula is C15H12BrNO3. The summed E-state index contributed by atoms with van der Waals surface area (Å²) in [6, 6.07) is 10.3. The van der Waals surface area contributed by atoms with Crippen molar-refractivity contribution in [2.45, 2.75) is 6.92 Å². The van der Waals surface area contributed by atoms with E-state index in [0.29, 0.717) is 5.56 Å². The van der Waals surface area contributed by atoms with E-state index in [-0.39, 0.29) is 18.1 Å². The van der Waals surface area contributed by atoms with Gasteiger partial charge in [0.25, 0.3) is 0 Å². The Balaban J connectivity index is 1.94. The number of rotatable bonds is 4. The molecule has 1 aromatic carbocycles. The van der Waals surface area contributed by atoms with Crippen LogP contribution in [0.4, 0.5) is 0 Å². The smallest absolute Gasteiger partial charge is 0.357 e. The van der Waals surface area contributed by atoms with Crippen molar-refractivity contribution >= 4 is 27.7 Å². The number of carbonyl (C=O) groups excluding carboxylic acids is 2. The number of ether oxygens (including phenoxy) is 1. The van der Waals surface area contributed by atoms with Gasteiger partial charge < -0.3 is 4.74 Å². The fourth-order valence-electron chi connectivity index (χ4n) is 1.52. The quantitative estimate of drug-likeness (QED) is 0.636. The monoisotopic (exact) mass is 333 g/mol. The van der Waals surface area contributed by atoms with Crippen LogP contribution in [-0.4, -0.2) is 23.3 Å². The van der Waals surface area contributed by atoms with Crippen molar-refractivity contribution in [2.75, 3.05) is 6.61 Å². The lowest BCUT2D eigenvalue weighted by Gasteiger charge is -2.04. The summed E-state index contributed by atoms with van der Waals surface area (Å²) in [7, 11) is 0. The molecule has 0 unspecified atom stereocenters. The van der Waals surface area contributed by atoms with Gasteiger partial charge in [-0.2, -0.15) is 0 Å². The summed E-state index contributed by atoms with van der Waals surface area (Å²) >= 11 is 3.22. The van der Waals surface area contributed by atoms with Crippen LogP contribution in [0.25, 0.3) is 0 Å². The Kier molecular flexibility index (Phi) is 4.63. The highest BCUT2D eigenvalue weighted by Crippen LogP contribution is 2.09. The number of carbonyl (C=O) groups is 2. The molecular weight excluding hydrogens is 322 g/mol. The van der Waals surface area contributed by atoms with Gasteiger partial charge in [0.15, 0.2) is 12.4 Å². The van der Waals surface area contributed by atoms with Crippen LogP contribution in [-0.2, 0) is 4.74 Å². The number of halogens is 1. The first kappa shape index (κ1) is 14.4. The maximum absolute atomic E-state index is 11.8. The highest BCUT2D eigenvalue weighted by atomic mass is 79.9. The molecule has 0 aliphatic carbocycles. The molecule has 0 saturated carbocycles. The molecule has 0 amide bonds. The van der Waals surface area contributed by atoms with Gasteiger partial charge in [0, 0.05) is 16.2 Å². The van der Waals surface area contributed by atoms with Crippen molar-refractivity contribution in [3.63, 3.8) is 0 Å². The molecule has 4 nitrogen and oxygen atoms in total. The molecule has 0 aliphatic rings. The minimum atomic E-state index is -0.613. The first-order chi connectivity index (χ1) is 9.56. The number of hydrogen-bond acceptors (Lipinski definition) is 4. The Bertz CT molecular complexity index is 563. The minimum absolute atomic E-state index is 0.171. The van der Waals surface area contributed by atoms with E-state index in [0.717, 1.165) is 10.0 Å². The van der Waals surface area contributed by atoms with Crippen LogP contribution in [0.3, 0.4) is 0 Å². The molecule has 1 aromatic heterocycles. The number of esters is 1. The lowest BCUT2D eigenvalue weighted by molar-refractivity contribution is 0.0469. The summed E-state index contributed by atoms with van der Waals surface area (Å²) < 4.78 is 5.72. The van der Waals surface area contributed by atoms with Crippen molar-refractivity contribution in [1.29, 1.82) is 0 Å². The van der Waals surface area contributed by atoms with Crippen LogP contribution in [0.2, 0.25) is 0 Å². The van der Waals surface area contributed by atoms with Gasteiger partial charge in [0.1, 0.15) is 5.69 Å². The van der Waals surface area contributed by atoms with Gasteiger partial charge in [-0.15, -0.1) is 0 Å². The van der Waals surface area contributed by atoms with E-state index < -0.39 is 5.97 Å². The van der Waals surface area contributed by atoms with Gasteiger partial charge >= 0.3 is 5.97 Å². The van der Waals surface area contributed by atoms with Crippen LogP contribution in [0.1, 0.15) is 26.4 Å². The lowest BCUT2D eigenvalue weighted by Crippen LogP contribution is -2.15. The SMILES string of the molecule is Cc1ccc(C(=O)COC(=O)c2ccc(Br)cn2)cc1. The van der Waals surface area contributed by atoms with Crippen LogP contribution in [0.15, 0.2) is 47.1 Å². The fourth-order valence-corrected chi connectivity index (χ4v) is 1.76. The molecule has 0 aliphatic heterocycles. The van der Waals surface area contributed by atoms with E-state index in [4.69, 9.17) is 4.74 Å². The second kappa shape index (κ2) is 6.43. The predicted octanol–water partition coefficient (Wildman–Crippen LogP) is 3.19. The molecule has 1 heterocycles. The zero-order valence-electron chi connectivity index (χ0n) is 10.8. The van der Waals surface area contributed by atoms with Gasteiger partial charge in [-0.3, -0.25) is 4.79 Å². The number of pyridine rings is 1. The van der Waals surface area contributed by atoms with Gasteiger partial charge in [-0.1, -0.05) is 29.8 Å². The van der Waals surface area contributed by atoms with Crippen molar-refractivity contribution in [3.8, 4) is 0 Å². The van der Waals surface area contributed by atoms with Crippen molar-refractivity contribution in [3.05, 3.63) is 63.9 Å². The maximum Gasteiger partial charge on any atom is 0.357 e. The fraction of sp³-hybridized carbons (Fsp3) is 0.133. The Morgan fingerprint density at radius 1 is 1.15 bits per heavy atom. The third-order valence-electron chi connectivity index (χ3n) is 2.64. The number of Topliss-reactive ketones (excluding diaryl/α,β-unsaturated/α-hetero) is 1. The zero-order valence-corrected chi connectivity index (χ0v) is 12.4. The Hall–Kier alpha value is -2.01. The number of aryl methyl sites for hydroxylation is 1. The number of aromatic nitrogens is 1. The number of nitrogens with zero attached hydrogens (tertiary/aromatic N) is 1. The first-order valence-electron chi connectivity index (χ1n) is 5.95. The van der Waals surface area contributed by atoms with Crippen LogP contribution in [0.5, 0.6) is 0 Å². The molecule has 102 valence electrons. The van der Waals surface area contributed by atoms with Gasteiger partial charge in [0.2, 0.25) is 0 Å². The molecule has 0 saturated heterocycles. The molecule has 0 N–H and O–H groups in total. The molecule has 20 heavy (non-hydrogen) atoms. The largest absolute Gasteiger partial charge is 0.453 e. The normalized spacial score (nSPS) is 10.1. The molecule has 2 rings (SSSR count). The summed E-state index contributed by atoms with van der Waals surface area (Å²) in [5.74, 6) is -0.853. The van der Waals surface area contributed by atoms with E-state index in [9.17, 15) is 9.59 Å². The van der Waals surface area contributed by atoms with E-state index in [1.54, 1.807) is 18.2 Å². The lowest BCUT2D eigenvalue weighted by atomic mass is 10.1. The van der Waals surface area contributed by atoms with E-state index in [1.807, 2.05) is 19.1 Å². The molecule has 5 heteroatoms. The number of hydrogen-bond donors (Lipinski definition) is 0. The zero-order chi connectivity index (χ0) is 14.5. The summed E-state index contributed by atoms with van der Waals surface area (Å²) in [5, 5.41) is 0. The standard InChI is InChI=1S/C15H12BrNO3/c1-10-2-4-11(5-3-10)14(18)9-20-15(19)13-7-6-12(16)8-17-13/h2-8H,9H2,1H3. The summed E-state index contributed by atoms with van der Waals surface area (Å²) in [4.78, 5) is 27.4. The molecule has 0 fully saturated rings. The van der Waals surface area contributed by atoms with E-state index in [2.05, 4.69) is 20.9 Å². The number of benzene rings is 1. The maximum atomic E-state index is 11.8. The van der Waals surface area contributed by atoms with Gasteiger partial charge in [-0.05, 0) is 35.0 Å². The van der Waals surface area contributed by atoms with Crippen molar-refractivity contribution in [1.82, 2.24) is 4.98 Å². The second-order valence-corrected chi connectivity index (χ2v) is 5.14. The molecule has 0 spiro atoms. The predicted molar refractivity (Wildman–Crippen MR) is 77.7 cm³/mol. The topological polar surface area (TPSA) is 56.3 Å². The Morgan fingerprint density at radius 2 is 1.85 bits per heavy atom. The molecule has 2 aromatic rings. The van der Waals surface area contributed by atoms with Gasteiger partial charge in [0.05, 0.1) is 0 Å². The Labute approximate surface area is 124 Å². The van der Waals surface area contributed by atoms with E-state index in [1.165, 1.54) is 12.3 Å². The van der Waals surface area contributed by atoms with E-state index >= 15 is 0 Å². The second-order valence-electron chi connectivity index (χ2n) is 4.23. The molecule has 0 atom stereocenters. The minimum Gasteiger partial charge on any atom is -0.453 e. The highest BCUT2D eigenvalue weighted by Gasteiger charge is 2.12. The third-order valence-corrected chi connectivity index (χ3v) is 3.11. The highest BCUT2D eigenvalue weighted by molar-refractivity contribution is 9.10. The average molecular weight is 334 g/mol. The first-order valence-corrected chi connectivity index (χ1v) is 6.74.